The van der Waals surface area contributed by atoms with E-state index in [-0.39, 0.29) is 6.10 Å². The van der Waals surface area contributed by atoms with Crippen molar-refractivity contribution in [2.45, 2.75) is 31.8 Å². The standard InChI is InChI=1S/C14H18O2/c1-16-14(11-6-3-2-4-7-11)12-8-5-9-13(15)10-12/h2-4,6-7,12,14H,5,8-10H2,1H3/t12?,14-/m0/s1. The molecule has 1 unspecified atom stereocenters. The highest BCUT2D eigenvalue weighted by atomic mass is 16.5. The predicted octanol–water partition coefficient (Wildman–Crippen LogP) is 3.13. The largest absolute Gasteiger partial charge is 0.376 e. The maximum atomic E-state index is 11.5. The summed E-state index contributed by atoms with van der Waals surface area (Å²) in [6, 6.07) is 10.2. The highest BCUT2D eigenvalue weighted by Gasteiger charge is 2.28. The fourth-order valence-corrected chi connectivity index (χ4v) is 2.56. The van der Waals surface area contributed by atoms with Crippen LogP contribution in [0.1, 0.15) is 37.4 Å². The molecule has 1 saturated carbocycles. The number of benzene rings is 1. The molecule has 2 nitrogen and oxygen atoms in total. The molecule has 86 valence electrons. The van der Waals surface area contributed by atoms with Crippen LogP contribution in [0.4, 0.5) is 0 Å². The monoisotopic (exact) mass is 218 g/mol. The summed E-state index contributed by atoms with van der Waals surface area (Å²) in [7, 11) is 1.73. The summed E-state index contributed by atoms with van der Waals surface area (Å²) in [5.41, 5.74) is 1.18. The predicted molar refractivity (Wildman–Crippen MR) is 63.2 cm³/mol. The second-order valence-corrected chi connectivity index (χ2v) is 4.46. The lowest BCUT2D eigenvalue weighted by Gasteiger charge is -2.28. The Bertz CT molecular complexity index is 345. The minimum absolute atomic E-state index is 0.0745. The zero-order chi connectivity index (χ0) is 11.4. The molecule has 0 spiro atoms. The Morgan fingerprint density at radius 1 is 1.31 bits per heavy atom. The third-order valence-electron chi connectivity index (χ3n) is 3.33. The lowest BCUT2D eigenvalue weighted by atomic mass is 9.82. The fraction of sp³-hybridized carbons (Fsp3) is 0.500. The summed E-state index contributed by atoms with van der Waals surface area (Å²) < 4.78 is 5.57. The number of methoxy groups -OCH3 is 1. The van der Waals surface area contributed by atoms with E-state index in [0.717, 1.165) is 19.3 Å². The van der Waals surface area contributed by atoms with Gasteiger partial charge < -0.3 is 4.74 Å². The third-order valence-corrected chi connectivity index (χ3v) is 3.33. The topological polar surface area (TPSA) is 26.3 Å². The van der Waals surface area contributed by atoms with E-state index in [1.54, 1.807) is 7.11 Å². The Balaban J connectivity index is 2.13. The van der Waals surface area contributed by atoms with Crippen LogP contribution in [0.2, 0.25) is 0 Å². The maximum absolute atomic E-state index is 11.5. The van der Waals surface area contributed by atoms with Crippen molar-refractivity contribution in [1.29, 1.82) is 0 Å². The Kier molecular flexibility index (Phi) is 3.73. The van der Waals surface area contributed by atoms with Gasteiger partial charge in [0.25, 0.3) is 0 Å². The molecule has 0 amide bonds. The first-order valence-electron chi connectivity index (χ1n) is 5.90. The molecule has 0 N–H and O–H groups in total. The molecule has 1 aliphatic carbocycles. The lowest BCUT2D eigenvalue weighted by Crippen LogP contribution is -2.22. The van der Waals surface area contributed by atoms with Crippen molar-refractivity contribution in [1.82, 2.24) is 0 Å². The Labute approximate surface area is 96.6 Å². The van der Waals surface area contributed by atoms with E-state index in [4.69, 9.17) is 4.74 Å². The Morgan fingerprint density at radius 3 is 2.69 bits per heavy atom. The van der Waals surface area contributed by atoms with Crippen LogP contribution in [0.3, 0.4) is 0 Å². The van der Waals surface area contributed by atoms with Crippen molar-refractivity contribution in [2.24, 2.45) is 5.92 Å². The number of hydrogen-bond acceptors (Lipinski definition) is 2. The highest BCUT2D eigenvalue weighted by molar-refractivity contribution is 5.79. The number of Topliss-reactive ketones (excluding diaryl/α,β-unsaturated/α-hetero) is 1. The molecular formula is C14H18O2. The van der Waals surface area contributed by atoms with Gasteiger partial charge in [-0.15, -0.1) is 0 Å². The SMILES string of the molecule is CO[C@@H](c1ccccc1)C1CCCC(=O)C1. The average Bonchev–Trinajstić information content (AvgIpc) is 2.31. The third kappa shape index (κ3) is 2.50. The van der Waals surface area contributed by atoms with Gasteiger partial charge in [-0.1, -0.05) is 30.3 Å². The molecule has 1 aromatic rings. The number of carbonyl (C=O) groups excluding carboxylic acids is 1. The van der Waals surface area contributed by atoms with Crippen LogP contribution in [-0.2, 0) is 9.53 Å². The molecule has 0 saturated heterocycles. The minimum atomic E-state index is 0.0745. The van der Waals surface area contributed by atoms with Crippen LogP contribution < -0.4 is 0 Å². The minimum Gasteiger partial charge on any atom is -0.376 e. The zero-order valence-corrected chi connectivity index (χ0v) is 9.69. The quantitative estimate of drug-likeness (QED) is 0.779. The summed E-state index contributed by atoms with van der Waals surface area (Å²) in [5, 5.41) is 0. The summed E-state index contributed by atoms with van der Waals surface area (Å²) in [5.74, 6) is 0.739. The molecule has 1 aromatic carbocycles. The maximum Gasteiger partial charge on any atom is 0.133 e. The molecule has 0 aromatic heterocycles. The van der Waals surface area contributed by atoms with E-state index >= 15 is 0 Å². The first kappa shape index (κ1) is 11.3. The van der Waals surface area contributed by atoms with Gasteiger partial charge in [0.15, 0.2) is 0 Å². The van der Waals surface area contributed by atoms with Crippen LogP contribution in [-0.4, -0.2) is 12.9 Å². The molecule has 16 heavy (non-hydrogen) atoms. The number of ketones is 1. The average molecular weight is 218 g/mol. The Morgan fingerprint density at radius 2 is 2.06 bits per heavy atom. The molecule has 0 heterocycles. The molecule has 2 rings (SSSR count). The van der Waals surface area contributed by atoms with E-state index < -0.39 is 0 Å². The van der Waals surface area contributed by atoms with Crippen molar-refractivity contribution < 1.29 is 9.53 Å². The second kappa shape index (κ2) is 5.26. The van der Waals surface area contributed by atoms with E-state index in [2.05, 4.69) is 12.1 Å². The van der Waals surface area contributed by atoms with Gasteiger partial charge in [-0.3, -0.25) is 4.79 Å². The second-order valence-electron chi connectivity index (χ2n) is 4.46. The van der Waals surface area contributed by atoms with Crippen LogP contribution in [0.5, 0.6) is 0 Å². The van der Waals surface area contributed by atoms with Gasteiger partial charge in [-0.05, 0) is 24.3 Å². The number of ether oxygens (including phenoxy) is 1. The van der Waals surface area contributed by atoms with Crippen molar-refractivity contribution >= 4 is 5.78 Å². The molecular weight excluding hydrogens is 200 g/mol. The normalized spacial score (nSPS) is 23.1. The van der Waals surface area contributed by atoms with E-state index in [1.807, 2.05) is 18.2 Å². The first-order chi connectivity index (χ1) is 7.81. The summed E-state index contributed by atoms with van der Waals surface area (Å²) in [6.07, 6.45) is 3.61. The summed E-state index contributed by atoms with van der Waals surface area (Å²) in [6.45, 7) is 0. The van der Waals surface area contributed by atoms with Crippen LogP contribution in [0.15, 0.2) is 30.3 Å². The highest BCUT2D eigenvalue weighted by Crippen LogP contribution is 2.34. The van der Waals surface area contributed by atoms with E-state index in [0.29, 0.717) is 18.1 Å². The van der Waals surface area contributed by atoms with Gasteiger partial charge in [0.2, 0.25) is 0 Å². The number of rotatable bonds is 3. The number of hydrogen-bond donors (Lipinski definition) is 0. The van der Waals surface area contributed by atoms with E-state index in [9.17, 15) is 4.79 Å². The first-order valence-corrected chi connectivity index (χ1v) is 5.90. The van der Waals surface area contributed by atoms with Crippen molar-refractivity contribution in [3.8, 4) is 0 Å². The van der Waals surface area contributed by atoms with Crippen molar-refractivity contribution in [3.05, 3.63) is 35.9 Å². The van der Waals surface area contributed by atoms with Gasteiger partial charge in [0.05, 0.1) is 6.10 Å². The fourth-order valence-electron chi connectivity index (χ4n) is 2.56. The lowest BCUT2D eigenvalue weighted by molar-refractivity contribution is -0.123. The van der Waals surface area contributed by atoms with Crippen LogP contribution in [0.25, 0.3) is 0 Å². The molecule has 0 aliphatic heterocycles. The van der Waals surface area contributed by atoms with Gasteiger partial charge in [-0.2, -0.15) is 0 Å². The van der Waals surface area contributed by atoms with Crippen LogP contribution in [0, 0.1) is 5.92 Å². The summed E-state index contributed by atoms with van der Waals surface area (Å²) >= 11 is 0. The molecule has 1 aliphatic rings. The molecule has 1 fully saturated rings. The van der Waals surface area contributed by atoms with Gasteiger partial charge >= 0.3 is 0 Å². The van der Waals surface area contributed by atoms with Gasteiger partial charge in [-0.25, -0.2) is 0 Å². The molecule has 2 atom stereocenters. The zero-order valence-electron chi connectivity index (χ0n) is 9.69. The van der Waals surface area contributed by atoms with Gasteiger partial charge in [0.1, 0.15) is 5.78 Å². The van der Waals surface area contributed by atoms with Gasteiger partial charge in [0, 0.05) is 20.0 Å². The summed E-state index contributed by atoms with van der Waals surface area (Å²) in [4.78, 5) is 11.5. The molecule has 2 heteroatoms. The Hall–Kier alpha value is -1.15. The van der Waals surface area contributed by atoms with E-state index in [1.165, 1.54) is 5.56 Å². The molecule has 0 bridgehead atoms. The number of carbonyl (C=O) groups is 1. The van der Waals surface area contributed by atoms with Crippen molar-refractivity contribution in [3.63, 3.8) is 0 Å². The van der Waals surface area contributed by atoms with Crippen molar-refractivity contribution in [2.75, 3.05) is 7.11 Å². The smallest absolute Gasteiger partial charge is 0.133 e. The molecule has 0 radical (unpaired) electrons. The van der Waals surface area contributed by atoms with Crippen LogP contribution >= 0.6 is 0 Å².